The number of ether oxygens (including phenoxy) is 1. The van der Waals surface area contributed by atoms with Gasteiger partial charge in [-0.3, -0.25) is 19.6 Å². The summed E-state index contributed by atoms with van der Waals surface area (Å²) in [6, 6.07) is 8.82. The Bertz CT molecular complexity index is 908. The number of methoxy groups -OCH3 is 1. The molecule has 0 bridgehead atoms. The molecule has 3 amide bonds. The highest BCUT2D eigenvalue weighted by Gasteiger charge is 2.20. The third-order valence-electron chi connectivity index (χ3n) is 4.80. The van der Waals surface area contributed by atoms with Crippen molar-refractivity contribution >= 4 is 18.2 Å². The van der Waals surface area contributed by atoms with Crippen LogP contribution in [0.5, 0.6) is 6.01 Å². The van der Waals surface area contributed by atoms with Crippen molar-refractivity contribution in [2.45, 2.75) is 32.6 Å². The van der Waals surface area contributed by atoms with Gasteiger partial charge in [0.15, 0.2) is 0 Å². The molecule has 1 heterocycles. The normalized spacial score (nSPS) is 11.3. The molecule has 0 saturated heterocycles. The Kier molecular flexibility index (Phi) is 10.1. The molecule has 2 rings (SSSR count). The first-order chi connectivity index (χ1) is 15.5. The van der Waals surface area contributed by atoms with E-state index in [1.54, 1.807) is 30.5 Å². The molecule has 0 aliphatic carbocycles. The number of nitrogens with zero attached hydrogens (tertiary/aromatic N) is 3. The molecule has 0 unspecified atom stereocenters. The fourth-order valence-corrected chi connectivity index (χ4v) is 3.09. The molecular weight excluding hydrogens is 414 g/mol. The SMILES string of the molecule is CCCCC[C@H](CN(O)C=O)C(=O)NCNC(=O)c1cccc(-c2ccnc(OC)n2)c1. The number of amides is 3. The zero-order chi connectivity index (χ0) is 23.3. The molecule has 0 fully saturated rings. The lowest BCUT2D eigenvalue weighted by Crippen LogP contribution is -2.43. The highest BCUT2D eigenvalue weighted by atomic mass is 16.5. The summed E-state index contributed by atoms with van der Waals surface area (Å²) in [5.74, 6) is -1.28. The molecule has 0 radical (unpaired) electrons. The average molecular weight is 444 g/mol. The number of unbranched alkanes of at least 4 members (excludes halogenated alkanes) is 2. The van der Waals surface area contributed by atoms with E-state index in [-0.39, 0.29) is 37.4 Å². The lowest BCUT2D eigenvalue weighted by molar-refractivity contribution is -0.154. The molecular formula is C22H29N5O5. The van der Waals surface area contributed by atoms with E-state index in [4.69, 9.17) is 4.74 Å². The van der Waals surface area contributed by atoms with Crippen molar-refractivity contribution in [3.05, 3.63) is 42.1 Å². The van der Waals surface area contributed by atoms with Gasteiger partial charge in [0.25, 0.3) is 5.91 Å². The lowest BCUT2D eigenvalue weighted by atomic mass is 10.0. The summed E-state index contributed by atoms with van der Waals surface area (Å²) in [4.78, 5) is 43.9. The maximum Gasteiger partial charge on any atom is 0.316 e. The second kappa shape index (κ2) is 13.0. The fourth-order valence-electron chi connectivity index (χ4n) is 3.09. The highest BCUT2D eigenvalue weighted by molar-refractivity contribution is 5.95. The number of nitrogens with one attached hydrogen (secondary N) is 2. The van der Waals surface area contributed by atoms with E-state index < -0.39 is 5.92 Å². The van der Waals surface area contributed by atoms with E-state index in [1.807, 2.05) is 13.0 Å². The topological polar surface area (TPSA) is 134 Å². The van der Waals surface area contributed by atoms with Crippen LogP contribution in [-0.4, -0.2) is 58.8 Å². The van der Waals surface area contributed by atoms with Crippen LogP contribution in [0.4, 0.5) is 0 Å². The molecule has 0 saturated carbocycles. The number of rotatable bonds is 13. The molecule has 0 spiro atoms. The van der Waals surface area contributed by atoms with Crippen molar-refractivity contribution in [3.63, 3.8) is 0 Å². The standard InChI is InChI=1S/C22H29N5O5/c1-3-4-5-7-18(13-27(31)15-28)21(30)25-14-24-20(29)17-9-6-8-16(12-17)19-10-11-23-22(26-19)32-2/h6,8-12,15,18,31H,3-5,7,13-14H2,1-2H3,(H,24,29)(H,25,30)/t18-/m1/s1. The number of hydroxylamine groups is 2. The zero-order valence-corrected chi connectivity index (χ0v) is 18.3. The first kappa shape index (κ1) is 24.7. The van der Waals surface area contributed by atoms with Gasteiger partial charge in [-0.25, -0.2) is 10.0 Å². The summed E-state index contributed by atoms with van der Waals surface area (Å²) < 4.78 is 5.03. The van der Waals surface area contributed by atoms with Crippen LogP contribution in [0.15, 0.2) is 36.5 Å². The van der Waals surface area contributed by atoms with Crippen molar-refractivity contribution in [2.75, 3.05) is 20.3 Å². The van der Waals surface area contributed by atoms with Gasteiger partial charge in [-0.1, -0.05) is 38.3 Å². The molecule has 3 N–H and O–H groups in total. The van der Waals surface area contributed by atoms with Gasteiger partial charge in [0.1, 0.15) is 0 Å². The summed E-state index contributed by atoms with van der Waals surface area (Å²) in [7, 11) is 1.47. The van der Waals surface area contributed by atoms with Gasteiger partial charge in [-0.05, 0) is 24.6 Å². The molecule has 10 heteroatoms. The first-order valence-electron chi connectivity index (χ1n) is 10.4. The molecule has 2 aromatic rings. The van der Waals surface area contributed by atoms with Crippen LogP contribution in [0, 0.1) is 5.92 Å². The number of hydrogen-bond acceptors (Lipinski definition) is 7. The number of carbonyl (C=O) groups is 3. The largest absolute Gasteiger partial charge is 0.467 e. The molecule has 172 valence electrons. The molecule has 1 aromatic heterocycles. The van der Waals surface area contributed by atoms with E-state index in [0.717, 1.165) is 24.8 Å². The van der Waals surface area contributed by atoms with Gasteiger partial charge >= 0.3 is 6.01 Å². The highest BCUT2D eigenvalue weighted by Crippen LogP contribution is 2.19. The Morgan fingerprint density at radius 1 is 1.25 bits per heavy atom. The number of aromatic nitrogens is 2. The van der Waals surface area contributed by atoms with E-state index in [9.17, 15) is 19.6 Å². The van der Waals surface area contributed by atoms with Gasteiger partial charge in [-0.2, -0.15) is 4.98 Å². The van der Waals surface area contributed by atoms with Crippen molar-refractivity contribution in [2.24, 2.45) is 5.92 Å². The predicted molar refractivity (Wildman–Crippen MR) is 117 cm³/mol. The summed E-state index contributed by atoms with van der Waals surface area (Å²) >= 11 is 0. The maximum atomic E-state index is 12.5. The van der Waals surface area contributed by atoms with E-state index >= 15 is 0 Å². The van der Waals surface area contributed by atoms with Crippen LogP contribution in [-0.2, 0) is 9.59 Å². The first-order valence-corrected chi connectivity index (χ1v) is 10.4. The fraction of sp³-hybridized carbons (Fsp3) is 0.409. The van der Waals surface area contributed by atoms with Crippen LogP contribution in [0.1, 0.15) is 43.0 Å². The van der Waals surface area contributed by atoms with Crippen LogP contribution in [0.2, 0.25) is 0 Å². The number of benzene rings is 1. The van der Waals surface area contributed by atoms with Crippen LogP contribution >= 0.6 is 0 Å². The molecule has 1 aromatic carbocycles. The monoisotopic (exact) mass is 443 g/mol. The summed E-state index contributed by atoms with van der Waals surface area (Å²) in [6.45, 7) is 1.86. The van der Waals surface area contributed by atoms with Gasteiger partial charge in [0.2, 0.25) is 12.3 Å². The quantitative estimate of drug-likeness (QED) is 0.142. The van der Waals surface area contributed by atoms with Crippen molar-refractivity contribution in [1.82, 2.24) is 25.7 Å². The second-order valence-electron chi connectivity index (χ2n) is 7.15. The van der Waals surface area contributed by atoms with Crippen LogP contribution in [0.3, 0.4) is 0 Å². The average Bonchev–Trinajstić information content (AvgIpc) is 2.83. The maximum absolute atomic E-state index is 12.5. The van der Waals surface area contributed by atoms with Crippen molar-refractivity contribution in [3.8, 4) is 17.3 Å². The Morgan fingerprint density at radius 3 is 2.78 bits per heavy atom. The van der Waals surface area contributed by atoms with Crippen molar-refractivity contribution < 1.29 is 24.3 Å². The molecule has 0 aliphatic rings. The van der Waals surface area contributed by atoms with Crippen LogP contribution in [0.25, 0.3) is 11.3 Å². The second-order valence-corrected chi connectivity index (χ2v) is 7.15. The Hall–Kier alpha value is -3.53. The lowest BCUT2D eigenvalue weighted by Gasteiger charge is -2.19. The Morgan fingerprint density at radius 2 is 2.06 bits per heavy atom. The smallest absolute Gasteiger partial charge is 0.316 e. The number of carbonyl (C=O) groups excluding carboxylic acids is 3. The third kappa shape index (κ3) is 7.62. The van der Waals surface area contributed by atoms with E-state index in [1.165, 1.54) is 7.11 Å². The molecule has 1 atom stereocenters. The summed E-state index contributed by atoms with van der Waals surface area (Å²) in [5, 5.41) is 15.2. The van der Waals surface area contributed by atoms with E-state index in [0.29, 0.717) is 22.7 Å². The van der Waals surface area contributed by atoms with E-state index in [2.05, 4.69) is 20.6 Å². The summed E-state index contributed by atoms with van der Waals surface area (Å²) in [5.41, 5.74) is 1.73. The number of hydrogen-bond donors (Lipinski definition) is 3. The van der Waals surface area contributed by atoms with Crippen molar-refractivity contribution in [1.29, 1.82) is 0 Å². The Balaban J connectivity index is 1.94. The van der Waals surface area contributed by atoms with Gasteiger partial charge in [0.05, 0.1) is 31.9 Å². The third-order valence-corrected chi connectivity index (χ3v) is 4.80. The predicted octanol–water partition coefficient (Wildman–Crippen LogP) is 2.00. The summed E-state index contributed by atoms with van der Waals surface area (Å²) in [6.07, 6.45) is 5.10. The minimum absolute atomic E-state index is 0.0833. The minimum Gasteiger partial charge on any atom is -0.467 e. The molecule has 32 heavy (non-hydrogen) atoms. The Labute approximate surface area is 187 Å². The van der Waals surface area contributed by atoms with Gasteiger partial charge in [0, 0.05) is 17.3 Å². The minimum atomic E-state index is -0.565. The van der Waals surface area contributed by atoms with Gasteiger partial charge in [-0.15, -0.1) is 0 Å². The molecule has 0 aliphatic heterocycles. The van der Waals surface area contributed by atoms with Crippen LogP contribution < -0.4 is 15.4 Å². The zero-order valence-electron chi connectivity index (χ0n) is 18.3. The molecule has 10 nitrogen and oxygen atoms in total. The van der Waals surface area contributed by atoms with Gasteiger partial charge < -0.3 is 15.4 Å².